The van der Waals surface area contributed by atoms with Crippen molar-refractivity contribution in [3.05, 3.63) is 46.0 Å². The molecule has 1 aromatic carbocycles. The molecular weight excluding hydrogens is 365 g/mol. The van der Waals surface area contributed by atoms with E-state index in [2.05, 4.69) is 0 Å². The van der Waals surface area contributed by atoms with Gasteiger partial charge in [-0.1, -0.05) is 35.3 Å². The highest BCUT2D eigenvalue weighted by Crippen LogP contribution is 2.34. The van der Waals surface area contributed by atoms with E-state index in [1.165, 1.54) is 6.08 Å². The van der Waals surface area contributed by atoms with Crippen LogP contribution < -0.4 is 0 Å². The van der Waals surface area contributed by atoms with Crippen LogP contribution in [0, 0.1) is 0 Å². The summed E-state index contributed by atoms with van der Waals surface area (Å²) in [5.41, 5.74) is -0.0340. The predicted octanol–water partition coefficient (Wildman–Crippen LogP) is 4.37. The molecule has 134 valence electrons. The number of carbonyl (C=O) groups excluding carboxylic acids is 3. The Balaban J connectivity index is 2.36. The molecule has 0 unspecified atom stereocenters. The van der Waals surface area contributed by atoms with E-state index < -0.39 is 29.6 Å². The Labute approximate surface area is 156 Å². The van der Waals surface area contributed by atoms with Gasteiger partial charge in [-0.05, 0) is 38.5 Å². The zero-order valence-corrected chi connectivity index (χ0v) is 15.7. The van der Waals surface area contributed by atoms with Gasteiger partial charge in [-0.25, -0.2) is 9.69 Å². The molecule has 2 rings (SSSR count). The van der Waals surface area contributed by atoms with Crippen LogP contribution in [0.25, 0.3) is 0 Å². The van der Waals surface area contributed by atoms with Crippen molar-refractivity contribution in [1.82, 2.24) is 4.90 Å². The van der Waals surface area contributed by atoms with Crippen molar-refractivity contribution in [3.8, 4) is 0 Å². The van der Waals surface area contributed by atoms with Gasteiger partial charge in [0.15, 0.2) is 0 Å². The first kappa shape index (κ1) is 19.5. The summed E-state index contributed by atoms with van der Waals surface area (Å²) < 4.78 is 5.32. The summed E-state index contributed by atoms with van der Waals surface area (Å²) >= 11 is 12.0. The standard InChI is InChI=1S/C18H19Cl2NO4/c1-18(2,3)25-17(24)21-15(6-7-16(21)23)12(8-9-22)11-4-5-13(19)14(20)10-11/h4-7,9-10,12,15H,8H2,1-3H3/t12-,15-/m1/s1. The Hall–Kier alpha value is -1.85. The van der Waals surface area contributed by atoms with Gasteiger partial charge >= 0.3 is 6.09 Å². The largest absolute Gasteiger partial charge is 0.443 e. The molecule has 0 aromatic heterocycles. The number of amides is 2. The molecular formula is C18H19Cl2NO4. The SMILES string of the molecule is CC(C)(C)OC(=O)N1C(=O)C=C[C@@H]1[C@H](CC=O)c1ccc(Cl)c(Cl)c1. The Kier molecular flexibility index (Phi) is 5.91. The van der Waals surface area contributed by atoms with Gasteiger partial charge in [-0.3, -0.25) is 4.79 Å². The molecule has 0 spiro atoms. The molecule has 1 aliphatic heterocycles. The minimum absolute atomic E-state index is 0.111. The molecule has 1 heterocycles. The molecule has 5 nitrogen and oxygen atoms in total. The van der Waals surface area contributed by atoms with E-state index in [-0.39, 0.29) is 6.42 Å². The van der Waals surface area contributed by atoms with E-state index in [1.807, 2.05) is 0 Å². The number of imide groups is 1. The quantitative estimate of drug-likeness (QED) is 0.724. The first-order valence-corrected chi connectivity index (χ1v) is 8.52. The normalized spacial score (nSPS) is 18.4. The second-order valence-corrected chi connectivity index (χ2v) is 7.54. The van der Waals surface area contributed by atoms with Crippen molar-refractivity contribution in [3.63, 3.8) is 0 Å². The zero-order valence-electron chi connectivity index (χ0n) is 14.2. The molecule has 2 amide bonds. The van der Waals surface area contributed by atoms with Crippen LogP contribution in [0.4, 0.5) is 4.79 Å². The number of ether oxygens (including phenoxy) is 1. The lowest BCUT2D eigenvalue weighted by molar-refractivity contribution is -0.126. The highest BCUT2D eigenvalue weighted by molar-refractivity contribution is 6.42. The monoisotopic (exact) mass is 383 g/mol. The van der Waals surface area contributed by atoms with E-state index >= 15 is 0 Å². The van der Waals surface area contributed by atoms with Gasteiger partial charge in [-0.2, -0.15) is 0 Å². The average molecular weight is 384 g/mol. The number of carbonyl (C=O) groups is 3. The summed E-state index contributed by atoms with van der Waals surface area (Å²) in [6.07, 6.45) is 3.02. The van der Waals surface area contributed by atoms with Gasteiger partial charge in [0.1, 0.15) is 11.9 Å². The van der Waals surface area contributed by atoms with E-state index in [9.17, 15) is 14.4 Å². The van der Waals surface area contributed by atoms with Crippen LogP contribution >= 0.6 is 23.2 Å². The highest BCUT2D eigenvalue weighted by Gasteiger charge is 2.39. The van der Waals surface area contributed by atoms with Gasteiger partial charge in [0.2, 0.25) is 0 Å². The van der Waals surface area contributed by atoms with Crippen molar-refractivity contribution in [2.75, 3.05) is 0 Å². The van der Waals surface area contributed by atoms with Gasteiger partial charge in [0.05, 0.1) is 16.1 Å². The second kappa shape index (κ2) is 7.58. The van der Waals surface area contributed by atoms with E-state index in [0.29, 0.717) is 15.6 Å². The van der Waals surface area contributed by atoms with Gasteiger partial charge in [0, 0.05) is 18.4 Å². The van der Waals surface area contributed by atoms with Gasteiger partial charge in [-0.15, -0.1) is 0 Å². The van der Waals surface area contributed by atoms with Crippen LogP contribution in [0.3, 0.4) is 0 Å². The number of hydrogen-bond acceptors (Lipinski definition) is 4. The molecule has 7 heteroatoms. The van der Waals surface area contributed by atoms with Crippen LogP contribution in [0.5, 0.6) is 0 Å². The van der Waals surface area contributed by atoms with Crippen molar-refractivity contribution >= 4 is 41.5 Å². The molecule has 0 bridgehead atoms. The minimum Gasteiger partial charge on any atom is -0.443 e. The van der Waals surface area contributed by atoms with Crippen molar-refractivity contribution < 1.29 is 19.1 Å². The van der Waals surface area contributed by atoms with Gasteiger partial charge < -0.3 is 9.53 Å². The number of benzene rings is 1. The third kappa shape index (κ3) is 4.61. The summed E-state index contributed by atoms with van der Waals surface area (Å²) in [4.78, 5) is 36.8. The Morgan fingerprint density at radius 2 is 2.00 bits per heavy atom. The third-order valence-electron chi connectivity index (χ3n) is 3.70. The van der Waals surface area contributed by atoms with E-state index in [1.54, 1.807) is 45.0 Å². The molecule has 1 aromatic rings. The maximum Gasteiger partial charge on any atom is 0.417 e. The summed E-state index contributed by atoms with van der Waals surface area (Å²) in [5, 5.41) is 0.726. The van der Waals surface area contributed by atoms with Gasteiger partial charge in [0.25, 0.3) is 5.91 Å². The molecule has 25 heavy (non-hydrogen) atoms. The molecule has 2 atom stereocenters. The highest BCUT2D eigenvalue weighted by atomic mass is 35.5. The number of halogens is 2. The summed E-state index contributed by atoms with van der Waals surface area (Å²) in [7, 11) is 0. The maximum atomic E-state index is 12.5. The summed E-state index contributed by atoms with van der Waals surface area (Å²) in [6, 6.07) is 4.36. The second-order valence-electron chi connectivity index (χ2n) is 6.72. The van der Waals surface area contributed by atoms with Crippen LogP contribution in [0.15, 0.2) is 30.4 Å². The van der Waals surface area contributed by atoms with Crippen molar-refractivity contribution in [1.29, 1.82) is 0 Å². The van der Waals surface area contributed by atoms with Crippen LogP contribution in [0.1, 0.15) is 38.7 Å². The molecule has 1 aliphatic rings. The third-order valence-corrected chi connectivity index (χ3v) is 4.43. The smallest absolute Gasteiger partial charge is 0.417 e. The lowest BCUT2D eigenvalue weighted by Gasteiger charge is -2.31. The fourth-order valence-corrected chi connectivity index (χ4v) is 2.96. The zero-order chi connectivity index (χ0) is 18.8. The predicted molar refractivity (Wildman–Crippen MR) is 95.9 cm³/mol. The Morgan fingerprint density at radius 1 is 1.32 bits per heavy atom. The molecule has 0 saturated heterocycles. The number of rotatable bonds is 4. The Morgan fingerprint density at radius 3 is 2.56 bits per heavy atom. The van der Waals surface area contributed by atoms with E-state index in [0.717, 1.165) is 11.2 Å². The summed E-state index contributed by atoms with van der Waals surface area (Å²) in [6.45, 7) is 5.15. The maximum absolute atomic E-state index is 12.5. The minimum atomic E-state index is -0.747. The first-order valence-electron chi connectivity index (χ1n) is 7.77. The van der Waals surface area contributed by atoms with E-state index in [4.69, 9.17) is 27.9 Å². The summed E-state index contributed by atoms with van der Waals surface area (Å²) in [5.74, 6) is -0.919. The molecule has 0 radical (unpaired) electrons. The first-order chi connectivity index (χ1) is 11.6. The van der Waals surface area contributed by atoms with Crippen LogP contribution in [0.2, 0.25) is 10.0 Å². The molecule has 0 saturated carbocycles. The molecule has 0 fully saturated rings. The van der Waals surface area contributed by atoms with Crippen molar-refractivity contribution in [2.24, 2.45) is 0 Å². The van der Waals surface area contributed by atoms with Crippen molar-refractivity contribution in [2.45, 2.75) is 44.8 Å². The lowest BCUT2D eigenvalue weighted by Crippen LogP contribution is -2.45. The molecule has 0 N–H and O–H groups in total. The fraction of sp³-hybridized carbons (Fsp3) is 0.389. The Bertz CT molecular complexity index is 724. The number of nitrogens with zero attached hydrogens (tertiary/aromatic N) is 1. The lowest BCUT2D eigenvalue weighted by atomic mass is 9.89. The fourth-order valence-electron chi connectivity index (χ4n) is 2.65. The topological polar surface area (TPSA) is 63.7 Å². The molecule has 0 aliphatic carbocycles. The van der Waals surface area contributed by atoms with Crippen LogP contribution in [-0.4, -0.2) is 34.8 Å². The number of aldehydes is 1. The number of hydrogen-bond donors (Lipinski definition) is 0. The average Bonchev–Trinajstić information content (AvgIpc) is 2.87. The van der Waals surface area contributed by atoms with Crippen LogP contribution in [-0.2, 0) is 14.3 Å².